The third-order valence-corrected chi connectivity index (χ3v) is 3.38. The van der Waals surface area contributed by atoms with Gasteiger partial charge >= 0.3 is 5.76 Å². The Morgan fingerprint density at radius 1 is 1.24 bits per heavy atom. The summed E-state index contributed by atoms with van der Waals surface area (Å²) < 4.78 is 18.8. The number of halogens is 1. The largest absolute Gasteiger partial charge is 0.437 e. The third kappa shape index (κ3) is 3.99. The Hall–Kier alpha value is -3.26. The van der Waals surface area contributed by atoms with Crippen molar-refractivity contribution in [2.75, 3.05) is 5.32 Å². The highest BCUT2D eigenvalue weighted by molar-refractivity contribution is 5.90. The maximum atomic E-state index is 12.9. The zero-order valence-corrected chi connectivity index (χ0v) is 13.0. The number of hydrogen-bond donors (Lipinski definition) is 2. The number of aliphatic hydroxyl groups excluding tert-OH is 1. The number of nitrogens with one attached hydrogen (secondary N) is 1. The van der Waals surface area contributed by atoms with Crippen molar-refractivity contribution >= 4 is 11.6 Å². The predicted octanol–water partition coefficient (Wildman–Crippen LogP) is 1.77. The van der Waals surface area contributed by atoms with Gasteiger partial charge in [0.15, 0.2) is 0 Å². The highest BCUT2D eigenvalue weighted by Crippen LogP contribution is 2.15. The molecule has 0 aliphatic rings. The Labute approximate surface area is 141 Å². The lowest BCUT2D eigenvalue weighted by atomic mass is 10.2. The summed E-state index contributed by atoms with van der Waals surface area (Å²) in [5.74, 6) is -1.69. The van der Waals surface area contributed by atoms with Crippen LogP contribution < -0.4 is 11.1 Å². The molecule has 7 nitrogen and oxygen atoms in total. The van der Waals surface area contributed by atoms with E-state index in [0.29, 0.717) is 16.8 Å². The summed E-state index contributed by atoms with van der Waals surface area (Å²) in [4.78, 5) is 23.9. The number of amides is 1. The van der Waals surface area contributed by atoms with Gasteiger partial charge in [-0.1, -0.05) is 12.1 Å². The monoisotopic (exact) mass is 343 g/mol. The average molecular weight is 343 g/mol. The molecule has 0 atom stereocenters. The van der Waals surface area contributed by atoms with Crippen LogP contribution in [0.3, 0.4) is 0 Å². The van der Waals surface area contributed by atoms with Gasteiger partial charge in [-0.25, -0.2) is 9.18 Å². The molecule has 0 spiro atoms. The second-order valence-corrected chi connectivity index (χ2v) is 5.24. The van der Waals surface area contributed by atoms with Gasteiger partial charge in [0.2, 0.25) is 11.8 Å². The fourth-order valence-corrected chi connectivity index (χ4v) is 2.20. The van der Waals surface area contributed by atoms with Crippen molar-refractivity contribution in [2.24, 2.45) is 0 Å². The minimum atomic E-state index is -0.793. The maximum Gasteiger partial charge on any atom is 0.437 e. The van der Waals surface area contributed by atoms with Crippen molar-refractivity contribution in [3.05, 3.63) is 70.5 Å². The lowest BCUT2D eigenvalue weighted by Crippen LogP contribution is -2.25. The molecule has 0 saturated carbocycles. The summed E-state index contributed by atoms with van der Waals surface area (Å²) >= 11 is 0. The Balaban J connectivity index is 1.73. The first-order chi connectivity index (χ1) is 12.0. The fourth-order valence-electron chi connectivity index (χ4n) is 2.20. The van der Waals surface area contributed by atoms with Crippen LogP contribution >= 0.6 is 0 Å². The Bertz CT molecular complexity index is 947. The minimum Gasteiger partial charge on any atom is -0.392 e. The quantitative estimate of drug-likeness (QED) is 0.736. The molecule has 2 N–H and O–H groups in total. The van der Waals surface area contributed by atoms with E-state index in [1.54, 1.807) is 24.3 Å². The average Bonchev–Trinajstić information content (AvgIpc) is 2.96. The summed E-state index contributed by atoms with van der Waals surface area (Å²) in [7, 11) is 0. The molecule has 0 aliphatic carbocycles. The molecule has 3 rings (SSSR count). The molecule has 2 aromatic carbocycles. The second kappa shape index (κ2) is 7.10. The van der Waals surface area contributed by atoms with Crippen molar-refractivity contribution in [3.63, 3.8) is 0 Å². The molecule has 0 saturated heterocycles. The van der Waals surface area contributed by atoms with Gasteiger partial charge in [0.05, 0.1) is 6.61 Å². The van der Waals surface area contributed by atoms with Crippen LogP contribution in [-0.2, 0) is 17.9 Å². The summed E-state index contributed by atoms with van der Waals surface area (Å²) in [6.45, 7) is -0.486. The number of anilines is 1. The maximum absolute atomic E-state index is 12.9. The van der Waals surface area contributed by atoms with E-state index in [1.807, 2.05) is 0 Å². The van der Waals surface area contributed by atoms with E-state index in [4.69, 9.17) is 9.52 Å². The lowest BCUT2D eigenvalue weighted by Gasteiger charge is -2.05. The number of aliphatic hydroxyl groups is 1. The molecule has 8 heteroatoms. The highest BCUT2D eigenvalue weighted by atomic mass is 19.1. The molecule has 1 heterocycles. The van der Waals surface area contributed by atoms with Crippen molar-refractivity contribution in [3.8, 4) is 11.5 Å². The number of carbonyl (C=O) groups excluding carboxylic acids is 1. The van der Waals surface area contributed by atoms with E-state index in [1.165, 1.54) is 24.3 Å². The first-order valence-electron chi connectivity index (χ1n) is 7.38. The number of aromatic nitrogens is 2. The molecular formula is C17H14FN3O4. The predicted molar refractivity (Wildman–Crippen MR) is 87.2 cm³/mol. The van der Waals surface area contributed by atoms with E-state index >= 15 is 0 Å². The van der Waals surface area contributed by atoms with Crippen LogP contribution in [0.2, 0.25) is 0 Å². The van der Waals surface area contributed by atoms with E-state index in [2.05, 4.69) is 10.4 Å². The van der Waals surface area contributed by atoms with E-state index in [-0.39, 0.29) is 19.0 Å². The Morgan fingerprint density at radius 2 is 2.00 bits per heavy atom. The van der Waals surface area contributed by atoms with Gasteiger partial charge in [-0.15, -0.1) is 5.10 Å². The normalized spacial score (nSPS) is 10.6. The van der Waals surface area contributed by atoms with Crippen molar-refractivity contribution < 1.29 is 18.7 Å². The number of nitrogens with zero attached hydrogens (tertiary/aromatic N) is 2. The smallest absolute Gasteiger partial charge is 0.392 e. The SMILES string of the molecule is O=C(Cn1nc(-c2ccc(F)cc2)oc1=O)Nc1cccc(CO)c1. The zero-order valence-electron chi connectivity index (χ0n) is 13.0. The Kier molecular flexibility index (Phi) is 4.71. The van der Waals surface area contributed by atoms with Gasteiger partial charge in [-0.05, 0) is 42.0 Å². The standard InChI is InChI=1S/C17H14FN3O4/c18-13-6-4-12(5-7-13)16-20-21(17(24)25-16)9-15(23)19-14-3-1-2-11(8-14)10-22/h1-8,22H,9-10H2,(H,19,23). The molecule has 1 aromatic heterocycles. The van der Waals surface area contributed by atoms with Crippen LogP contribution in [-0.4, -0.2) is 20.8 Å². The van der Waals surface area contributed by atoms with Crippen LogP contribution in [0, 0.1) is 5.82 Å². The number of hydrogen-bond acceptors (Lipinski definition) is 5. The summed E-state index contributed by atoms with van der Waals surface area (Å²) in [5.41, 5.74) is 1.56. The molecule has 0 aliphatic heterocycles. The molecule has 1 amide bonds. The molecule has 128 valence electrons. The van der Waals surface area contributed by atoms with E-state index in [0.717, 1.165) is 4.68 Å². The number of carbonyl (C=O) groups is 1. The lowest BCUT2D eigenvalue weighted by molar-refractivity contribution is -0.117. The Morgan fingerprint density at radius 3 is 2.72 bits per heavy atom. The van der Waals surface area contributed by atoms with Gasteiger partial charge in [0, 0.05) is 11.3 Å². The minimum absolute atomic E-state index is 0.0000721. The molecule has 0 bridgehead atoms. The summed E-state index contributed by atoms with van der Waals surface area (Å²) in [6, 6.07) is 12.0. The van der Waals surface area contributed by atoms with Gasteiger partial charge in [0.1, 0.15) is 12.4 Å². The second-order valence-electron chi connectivity index (χ2n) is 5.24. The topological polar surface area (TPSA) is 97.4 Å². The molecular weight excluding hydrogens is 329 g/mol. The van der Waals surface area contributed by atoms with Crippen LogP contribution in [0.4, 0.5) is 10.1 Å². The first-order valence-corrected chi connectivity index (χ1v) is 7.38. The van der Waals surface area contributed by atoms with Crippen molar-refractivity contribution in [1.82, 2.24) is 9.78 Å². The van der Waals surface area contributed by atoms with Crippen molar-refractivity contribution in [2.45, 2.75) is 13.2 Å². The van der Waals surface area contributed by atoms with Crippen LogP contribution in [0.5, 0.6) is 0 Å². The molecule has 0 unspecified atom stereocenters. The van der Waals surface area contributed by atoms with Crippen LogP contribution in [0.1, 0.15) is 5.56 Å². The zero-order chi connectivity index (χ0) is 17.8. The third-order valence-electron chi connectivity index (χ3n) is 3.38. The van der Waals surface area contributed by atoms with E-state index in [9.17, 15) is 14.0 Å². The van der Waals surface area contributed by atoms with Gasteiger partial charge in [-0.2, -0.15) is 4.68 Å². The summed E-state index contributed by atoms with van der Waals surface area (Å²) in [6.07, 6.45) is 0. The van der Waals surface area contributed by atoms with Crippen LogP contribution in [0.25, 0.3) is 11.5 Å². The molecule has 0 fully saturated rings. The first kappa shape index (κ1) is 16.6. The van der Waals surface area contributed by atoms with Gasteiger partial charge in [-0.3, -0.25) is 4.79 Å². The molecule has 0 radical (unpaired) electrons. The number of rotatable bonds is 5. The van der Waals surface area contributed by atoms with Crippen molar-refractivity contribution in [1.29, 1.82) is 0 Å². The van der Waals surface area contributed by atoms with Gasteiger partial charge < -0.3 is 14.8 Å². The van der Waals surface area contributed by atoms with Crippen LogP contribution in [0.15, 0.2) is 57.7 Å². The molecule has 25 heavy (non-hydrogen) atoms. The number of benzene rings is 2. The fraction of sp³-hybridized carbons (Fsp3) is 0.118. The highest BCUT2D eigenvalue weighted by Gasteiger charge is 2.13. The summed E-state index contributed by atoms with van der Waals surface area (Å²) in [5, 5.41) is 15.6. The van der Waals surface area contributed by atoms with Gasteiger partial charge in [0.25, 0.3) is 0 Å². The molecule has 3 aromatic rings. The van der Waals surface area contributed by atoms with E-state index < -0.39 is 17.5 Å².